The van der Waals surface area contributed by atoms with E-state index in [-0.39, 0.29) is 29.2 Å². The van der Waals surface area contributed by atoms with Crippen LogP contribution in [0.3, 0.4) is 0 Å². The lowest BCUT2D eigenvalue weighted by Gasteiger charge is -2.25. The molecule has 1 aromatic rings. The van der Waals surface area contributed by atoms with Crippen LogP contribution in [-0.2, 0) is 14.3 Å². The Morgan fingerprint density at radius 1 is 1.08 bits per heavy atom. The minimum Gasteiger partial charge on any atom is -0.424 e. The second-order valence-electron chi connectivity index (χ2n) is 6.61. The lowest BCUT2D eigenvalue weighted by atomic mass is 9.89. The number of ether oxygens (including phenoxy) is 3. The lowest BCUT2D eigenvalue weighted by molar-refractivity contribution is -0.384. The van der Waals surface area contributed by atoms with Crippen LogP contribution in [0.25, 0.3) is 0 Å². The van der Waals surface area contributed by atoms with Crippen LogP contribution in [0.15, 0.2) is 24.3 Å². The molecule has 1 saturated carbocycles. The third-order valence-corrected chi connectivity index (χ3v) is 4.18. The number of esters is 1. The first-order chi connectivity index (χ1) is 12.4. The number of rotatable bonds is 6. The molecule has 1 aliphatic rings. The number of nitro benzene ring substituents is 1. The smallest absolute Gasteiger partial charge is 0.424 e. The van der Waals surface area contributed by atoms with Gasteiger partial charge < -0.3 is 14.2 Å². The van der Waals surface area contributed by atoms with Crippen molar-refractivity contribution in [2.75, 3.05) is 0 Å². The Balaban J connectivity index is 1.90. The summed E-state index contributed by atoms with van der Waals surface area (Å²) < 4.78 is 15.5. The average Bonchev–Trinajstić information content (AvgIpc) is 2.62. The quantitative estimate of drug-likeness (QED) is 0.244. The SMILES string of the molecule is CC(C)C(OC(=O)Oc1ccc([N+](=O)[O-])cc1)OC(=O)C1CCCCC1. The molecule has 1 atom stereocenters. The minimum absolute atomic E-state index is 0.0988. The van der Waals surface area contributed by atoms with Gasteiger partial charge in [0.1, 0.15) is 5.75 Å². The van der Waals surface area contributed by atoms with Crippen LogP contribution in [-0.4, -0.2) is 23.3 Å². The molecule has 0 spiro atoms. The second kappa shape index (κ2) is 9.17. The third kappa shape index (κ3) is 5.72. The summed E-state index contributed by atoms with van der Waals surface area (Å²) in [5, 5.41) is 10.6. The molecule has 0 amide bonds. The largest absolute Gasteiger partial charge is 0.516 e. The zero-order valence-electron chi connectivity index (χ0n) is 14.9. The zero-order valence-corrected chi connectivity index (χ0v) is 14.9. The van der Waals surface area contributed by atoms with Gasteiger partial charge in [0.2, 0.25) is 0 Å². The van der Waals surface area contributed by atoms with Gasteiger partial charge in [-0.1, -0.05) is 33.1 Å². The van der Waals surface area contributed by atoms with Crippen molar-refractivity contribution in [3.63, 3.8) is 0 Å². The Morgan fingerprint density at radius 2 is 1.69 bits per heavy atom. The van der Waals surface area contributed by atoms with Crippen LogP contribution >= 0.6 is 0 Å². The highest BCUT2D eigenvalue weighted by molar-refractivity contribution is 5.73. The molecule has 0 N–H and O–H groups in total. The summed E-state index contributed by atoms with van der Waals surface area (Å²) >= 11 is 0. The number of hydrogen-bond acceptors (Lipinski definition) is 7. The first kappa shape index (κ1) is 19.7. The maximum absolute atomic E-state index is 12.2. The molecule has 26 heavy (non-hydrogen) atoms. The molecule has 0 heterocycles. The maximum atomic E-state index is 12.2. The van der Waals surface area contributed by atoms with E-state index in [2.05, 4.69) is 0 Å². The fourth-order valence-corrected chi connectivity index (χ4v) is 2.70. The average molecular weight is 365 g/mol. The van der Waals surface area contributed by atoms with Crippen LogP contribution in [0.4, 0.5) is 10.5 Å². The summed E-state index contributed by atoms with van der Waals surface area (Å²) in [6, 6.07) is 5.01. The molecular weight excluding hydrogens is 342 g/mol. The van der Waals surface area contributed by atoms with Crippen molar-refractivity contribution in [1.82, 2.24) is 0 Å². The van der Waals surface area contributed by atoms with Gasteiger partial charge in [0.25, 0.3) is 12.0 Å². The Labute approximate surface area is 151 Å². The molecule has 2 rings (SSSR count). The molecule has 0 aliphatic heterocycles. The lowest BCUT2D eigenvalue weighted by Crippen LogP contribution is -2.33. The topological polar surface area (TPSA) is 105 Å². The maximum Gasteiger partial charge on any atom is 0.516 e. The van der Waals surface area contributed by atoms with Crippen LogP contribution < -0.4 is 4.74 Å². The summed E-state index contributed by atoms with van der Waals surface area (Å²) in [5.41, 5.74) is -0.118. The highest BCUT2D eigenvalue weighted by Gasteiger charge is 2.29. The monoisotopic (exact) mass is 365 g/mol. The third-order valence-electron chi connectivity index (χ3n) is 4.18. The first-order valence-corrected chi connectivity index (χ1v) is 8.70. The van der Waals surface area contributed by atoms with Crippen LogP contribution in [0.2, 0.25) is 0 Å². The van der Waals surface area contributed by atoms with Crippen molar-refractivity contribution >= 4 is 17.8 Å². The van der Waals surface area contributed by atoms with E-state index in [1.54, 1.807) is 13.8 Å². The van der Waals surface area contributed by atoms with Crippen LogP contribution in [0, 0.1) is 22.0 Å². The fraction of sp³-hybridized carbons (Fsp3) is 0.556. The normalized spacial score (nSPS) is 16.0. The molecule has 8 heteroatoms. The van der Waals surface area contributed by atoms with Crippen molar-refractivity contribution in [2.45, 2.75) is 52.2 Å². The molecule has 0 aromatic heterocycles. The van der Waals surface area contributed by atoms with Crippen molar-refractivity contribution < 1.29 is 28.7 Å². The summed E-state index contributed by atoms with van der Waals surface area (Å²) in [7, 11) is 0. The van der Waals surface area contributed by atoms with E-state index >= 15 is 0 Å². The van der Waals surface area contributed by atoms with E-state index in [0.29, 0.717) is 0 Å². The number of nitro groups is 1. The molecule has 0 radical (unpaired) electrons. The Morgan fingerprint density at radius 3 is 2.23 bits per heavy atom. The van der Waals surface area contributed by atoms with Crippen molar-refractivity contribution in [3.05, 3.63) is 34.4 Å². The van der Waals surface area contributed by atoms with Gasteiger partial charge in [-0.05, 0) is 25.0 Å². The van der Waals surface area contributed by atoms with Gasteiger partial charge in [0.05, 0.1) is 10.8 Å². The second-order valence-corrected chi connectivity index (χ2v) is 6.61. The Bertz CT molecular complexity index is 635. The van der Waals surface area contributed by atoms with E-state index in [1.807, 2.05) is 0 Å². The van der Waals surface area contributed by atoms with Gasteiger partial charge in [-0.15, -0.1) is 0 Å². The summed E-state index contributed by atoms with van der Waals surface area (Å²) in [6.45, 7) is 3.52. The van der Waals surface area contributed by atoms with Gasteiger partial charge in [0, 0.05) is 18.1 Å². The minimum atomic E-state index is -1.05. The number of nitrogens with zero attached hydrogens (tertiary/aromatic N) is 1. The fourth-order valence-electron chi connectivity index (χ4n) is 2.70. The predicted octanol–water partition coefficient (Wildman–Crippen LogP) is 4.22. The molecule has 1 aromatic carbocycles. The van der Waals surface area contributed by atoms with Gasteiger partial charge in [0.15, 0.2) is 0 Å². The Kier molecular flexibility index (Phi) is 6.94. The first-order valence-electron chi connectivity index (χ1n) is 8.70. The molecule has 0 bridgehead atoms. The number of non-ortho nitro benzene ring substituents is 1. The van der Waals surface area contributed by atoms with E-state index in [0.717, 1.165) is 32.1 Å². The summed E-state index contributed by atoms with van der Waals surface area (Å²) in [6.07, 6.45) is 2.61. The van der Waals surface area contributed by atoms with Gasteiger partial charge in [-0.2, -0.15) is 0 Å². The van der Waals surface area contributed by atoms with Crippen molar-refractivity contribution in [3.8, 4) is 5.75 Å². The number of carbonyl (C=O) groups is 2. The van der Waals surface area contributed by atoms with Gasteiger partial charge in [-0.25, -0.2) is 4.79 Å². The number of hydrogen-bond donors (Lipinski definition) is 0. The van der Waals surface area contributed by atoms with Gasteiger partial charge in [-0.3, -0.25) is 14.9 Å². The van der Waals surface area contributed by atoms with Crippen molar-refractivity contribution in [1.29, 1.82) is 0 Å². The predicted molar refractivity (Wildman–Crippen MR) is 91.5 cm³/mol. The molecule has 0 saturated heterocycles. The van der Waals surface area contributed by atoms with Crippen molar-refractivity contribution in [2.24, 2.45) is 11.8 Å². The van der Waals surface area contributed by atoms with E-state index in [4.69, 9.17) is 14.2 Å². The molecular formula is C18H23NO7. The highest BCUT2D eigenvalue weighted by Crippen LogP contribution is 2.26. The Hall–Kier alpha value is -2.64. The number of benzene rings is 1. The standard InChI is InChI=1S/C18H23NO7/c1-12(2)17(25-16(20)13-6-4-3-5-7-13)26-18(21)24-15-10-8-14(9-11-15)19(22)23/h8-13,17H,3-7H2,1-2H3. The summed E-state index contributed by atoms with van der Waals surface area (Å²) in [5.74, 6) is -0.653. The van der Waals surface area contributed by atoms with Crippen LogP contribution in [0.5, 0.6) is 5.75 Å². The molecule has 8 nitrogen and oxygen atoms in total. The molecule has 1 aliphatic carbocycles. The molecule has 1 unspecified atom stereocenters. The number of carbonyl (C=O) groups excluding carboxylic acids is 2. The van der Waals surface area contributed by atoms with E-state index in [1.165, 1.54) is 24.3 Å². The molecule has 1 fully saturated rings. The zero-order chi connectivity index (χ0) is 19.1. The van der Waals surface area contributed by atoms with E-state index < -0.39 is 17.4 Å². The van der Waals surface area contributed by atoms with Gasteiger partial charge >= 0.3 is 12.1 Å². The highest BCUT2D eigenvalue weighted by atomic mass is 16.8. The summed E-state index contributed by atoms with van der Waals surface area (Å²) in [4.78, 5) is 34.2. The van der Waals surface area contributed by atoms with Crippen LogP contribution in [0.1, 0.15) is 46.0 Å². The molecule has 142 valence electrons. The van der Waals surface area contributed by atoms with E-state index in [9.17, 15) is 19.7 Å².